The van der Waals surface area contributed by atoms with Gasteiger partial charge in [0.1, 0.15) is 0 Å². The van der Waals surface area contributed by atoms with Gasteiger partial charge in [-0.1, -0.05) is 24.3 Å². The zero-order valence-electron chi connectivity index (χ0n) is 12.0. The second kappa shape index (κ2) is 11.4. The fourth-order valence-electron chi connectivity index (χ4n) is 1.31. The Kier molecular flexibility index (Phi) is 10.6. The highest BCUT2D eigenvalue weighted by atomic mass is 16.5. The minimum atomic E-state index is -0.890. The van der Waals surface area contributed by atoms with Crippen molar-refractivity contribution < 1.29 is 24.9 Å². The number of rotatable bonds is 9. The van der Waals surface area contributed by atoms with Gasteiger partial charge in [-0.2, -0.15) is 0 Å². The van der Waals surface area contributed by atoms with Crippen LogP contribution in [-0.2, 0) is 9.53 Å². The molecule has 0 spiro atoms. The summed E-state index contributed by atoms with van der Waals surface area (Å²) in [5, 5.41) is 28.1. The summed E-state index contributed by atoms with van der Waals surface area (Å²) in [5.74, 6) is -0.496. The predicted molar refractivity (Wildman–Crippen MR) is 77.0 cm³/mol. The largest absolute Gasteiger partial charge is 0.463 e. The minimum Gasteiger partial charge on any atom is -0.463 e. The Morgan fingerprint density at radius 1 is 1.10 bits per heavy atom. The summed E-state index contributed by atoms with van der Waals surface area (Å²) in [5.41, 5.74) is 0. The maximum atomic E-state index is 11.0. The smallest absolute Gasteiger partial charge is 0.330 e. The van der Waals surface area contributed by atoms with Gasteiger partial charge in [0.05, 0.1) is 24.9 Å². The summed E-state index contributed by atoms with van der Waals surface area (Å²) < 4.78 is 4.67. The van der Waals surface area contributed by atoms with Crippen molar-refractivity contribution in [3.8, 4) is 0 Å². The van der Waals surface area contributed by atoms with Crippen LogP contribution in [0.2, 0.25) is 0 Å². The first-order valence-electron chi connectivity index (χ1n) is 6.69. The fraction of sp³-hybridized carbons (Fsp3) is 0.533. The van der Waals surface area contributed by atoms with Crippen LogP contribution in [0.5, 0.6) is 0 Å². The Bertz CT molecular complexity index is 344. The average Bonchev–Trinajstić information content (AvgIpc) is 2.39. The quantitative estimate of drug-likeness (QED) is 0.335. The number of carbonyl (C=O) groups excluding carboxylic acids is 1. The van der Waals surface area contributed by atoms with E-state index in [9.17, 15) is 15.0 Å². The lowest BCUT2D eigenvalue weighted by Crippen LogP contribution is -2.07. The maximum absolute atomic E-state index is 11.0. The lowest BCUT2D eigenvalue weighted by Gasteiger charge is -2.06. The van der Waals surface area contributed by atoms with Crippen LogP contribution < -0.4 is 0 Å². The van der Waals surface area contributed by atoms with Crippen molar-refractivity contribution in [3.05, 3.63) is 36.5 Å². The molecule has 0 fully saturated rings. The molecule has 0 aromatic carbocycles. The molecule has 3 atom stereocenters. The maximum Gasteiger partial charge on any atom is 0.330 e. The first-order chi connectivity index (χ1) is 9.45. The number of hydrogen-bond acceptors (Lipinski definition) is 5. The van der Waals surface area contributed by atoms with Gasteiger partial charge in [-0.05, 0) is 32.8 Å². The Morgan fingerprint density at radius 2 is 1.75 bits per heavy atom. The second-order valence-corrected chi connectivity index (χ2v) is 4.37. The summed E-state index contributed by atoms with van der Waals surface area (Å²) in [6.45, 7) is 3.67. The fourth-order valence-corrected chi connectivity index (χ4v) is 1.31. The Hall–Kier alpha value is -1.43. The molecule has 3 N–H and O–H groups in total. The third kappa shape index (κ3) is 11.6. The van der Waals surface area contributed by atoms with Crippen LogP contribution in [0.25, 0.3) is 0 Å². The van der Waals surface area contributed by atoms with E-state index in [1.807, 2.05) is 0 Å². The van der Waals surface area contributed by atoms with Crippen LogP contribution in [0.15, 0.2) is 36.5 Å². The lowest BCUT2D eigenvalue weighted by molar-refractivity contribution is -0.137. The van der Waals surface area contributed by atoms with Gasteiger partial charge in [-0.15, -0.1) is 0 Å². The first kappa shape index (κ1) is 18.6. The number of allylic oxidation sites excluding steroid dienone is 2. The zero-order chi connectivity index (χ0) is 15.4. The SMILES string of the molecule is CCOC(=O)/C=C/C(O)/C=C/C=C/C(O)CCC(C)O. The number of esters is 1. The van der Waals surface area contributed by atoms with E-state index in [4.69, 9.17) is 5.11 Å². The van der Waals surface area contributed by atoms with Crippen molar-refractivity contribution in [3.63, 3.8) is 0 Å². The van der Waals surface area contributed by atoms with Crippen LogP contribution in [0.3, 0.4) is 0 Å². The lowest BCUT2D eigenvalue weighted by atomic mass is 10.1. The van der Waals surface area contributed by atoms with Crippen LogP contribution in [0.4, 0.5) is 0 Å². The van der Waals surface area contributed by atoms with Crippen molar-refractivity contribution in [2.45, 2.75) is 45.0 Å². The second-order valence-electron chi connectivity index (χ2n) is 4.37. The van der Waals surface area contributed by atoms with E-state index in [-0.39, 0.29) is 0 Å². The van der Waals surface area contributed by atoms with Crippen LogP contribution in [0, 0.1) is 0 Å². The van der Waals surface area contributed by atoms with Crippen molar-refractivity contribution in [2.75, 3.05) is 6.61 Å². The number of hydrogen-bond donors (Lipinski definition) is 3. The van der Waals surface area contributed by atoms with Crippen LogP contribution in [-0.4, -0.2) is 46.2 Å². The highest BCUT2D eigenvalue weighted by Crippen LogP contribution is 2.02. The molecule has 5 nitrogen and oxygen atoms in total. The molecule has 0 amide bonds. The van der Waals surface area contributed by atoms with E-state index in [0.717, 1.165) is 0 Å². The molecule has 0 saturated heterocycles. The van der Waals surface area contributed by atoms with Gasteiger partial charge in [0.2, 0.25) is 0 Å². The van der Waals surface area contributed by atoms with Gasteiger partial charge in [-0.3, -0.25) is 0 Å². The van der Waals surface area contributed by atoms with E-state index in [1.165, 1.54) is 18.2 Å². The zero-order valence-corrected chi connectivity index (χ0v) is 12.0. The molecule has 0 aliphatic carbocycles. The van der Waals surface area contributed by atoms with E-state index in [0.29, 0.717) is 19.4 Å². The molecule has 3 unspecified atom stereocenters. The molecular formula is C15H24O5. The molecule has 0 aliphatic heterocycles. The monoisotopic (exact) mass is 284 g/mol. The predicted octanol–water partition coefficient (Wildman–Crippen LogP) is 1.10. The number of aliphatic hydroxyl groups is 3. The Balaban J connectivity index is 4.01. The molecule has 0 saturated carbocycles. The molecule has 0 heterocycles. The summed E-state index contributed by atoms with van der Waals surface area (Å²) >= 11 is 0. The van der Waals surface area contributed by atoms with Gasteiger partial charge in [0, 0.05) is 6.08 Å². The van der Waals surface area contributed by atoms with Gasteiger partial charge in [-0.25, -0.2) is 4.79 Å². The van der Waals surface area contributed by atoms with E-state index < -0.39 is 24.3 Å². The van der Waals surface area contributed by atoms with E-state index in [2.05, 4.69) is 4.74 Å². The molecule has 0 rings (SSSR count). The first-order valence-corrected chi connectivity index (χ1v) is 6.69. The van der Waals surface area contributed by atoms with Gasteiger partial charge >= 0.3 is 5.97 Å². The van der Waals surface area contributed by atoms with E-state index in [1.54, 1.807) is 32.1 Å². The number of carbonyl (C=O) groups is 1. The molecule has 20 heavy (non-hydrogen) atoms. The van der Waals surface area contributed by atoms with Crippen LogP contribution >= 0.6 is 0 Å². The van der Waals surface area contributed by atoms with Crippen molar-refractivity contribution in [1.82, 2.24) is 0 Å². The molecule has 0 aromatic rings. The summed E-state index contributed by atoms with van der Waals surface area (Å²) in [4.78, 5) is 11.0. The Morgan fingerprint density at radius 3 is 2.35 bits per heavy atom. The highest BCUT2D eigenvalue weighted by Gasteiger charge is 2.01. The van der Waals surface area contributed by atoms with Gasteiger partial charge in [0.15, 0.2) is 0 Å². The summed E-state index contributed by atoms with van der Waals surface area (Å²) in [6.07, 6.45) is 7.76. The van der Waals surface area contributed by atoms with Crippen LogP contribution in [0.1, 0.15) is 26.7 Å². The molecular weight excluding hydrogens is 260 g/mol. The van der Waals surface area contributed by atoms with E-state index >= 15 is 0 Å². The third-order valence-corrected chi connectivity index (χ3v) is 2.35. The molecule has 5 heteroatoms. The topological polar surface area (TPSA) is 87.0 Å². The molecule has 114 valence electrons. The summed E-state index contributed by atoms with van der Waals surface area (Å²) in [7, 11) is 0. The normalized spacial score (nSPS) is 16.9. The molecule has 0 bridgehead atoms. The number of ether oxygens (including phenoxy) is 1. The summed E-state index contributed by atoms with van der Waals surface area (Å²) in [6, 6.07) is 0. The Labute approximate surface area is 119 Å². The van der Waals surface area contributed by atoms with Crippen molar-refractivity contribution in [1.29, 1.82) is 0 Å². The molecule has 0 aromatic heterocycles. The van der Waals surface area contributed by atoms with Gasteiger partial charge < -0.3 is 20.1 Å². The molecule has 0 aliphatic rings. The van der Waals surface area contributed by atoms with Crippen molar-refractivity contribution >= 4 is 5.97 Å². The average molecular weight is 284 g/mol. The van der Waals surface area contributed by atoms with Crippen molar-refractivity contribution in [2.24, 2.45) is 0 Å². The molecule has 0 radical (unpaired) electrons. The van der Waals surface area contributed by atoms with Gasteiger partial charge in [0.25, 0.3) is 0 Å². The minimum absolute atomic E-state index is 0.294. The standard InChI is InChI=1S/C15H24O5/c1-3-20-15(19)11-10-14(18)7-5-4-6-13(17)9-8-12(2)16/h4-7,10-14,16-18H,3,8-9H2,1-2H3/b6-4+,7-5+,11-10+. The highest BCUT2D eigenvalue weighted by molar-refractivity contribution is 5.81. The third-order valence-electron chi connectivity index (χ3n) is 2.35. The number of aliphatic hydroxyl groups excluding tert-OH is 3.